The second-order valence-electron chi connectivity index (χ2n) is 6.42. The number of nitro groups is 1. The molecular weight excluding hydrogens is 444 g/mol. The van der Waals surface area contributed by atoms with E-state index in [1.807, 2.05) is 31.2 Å². The fourth-order valence-electron chi connectivity index (χ4n) is 3.06. The first kappa shape index (κ1) is 20.3. The van der Waals surface area contributed by atoms with Gasteiger partial charge in [-0.1, -0.05) is 53.8 Å². The largest absolute Gasteiger partial charge is 0.456 e. The van der Waals surface area contributed by atoms with E-state index in [0.29, 0.717) is 26.3 Å². The van der Waals surface area contributed by atoms with Gasteiger partial charge in [0.25, 0.3) is 11.6 Å². The van der Waals surface area contributed by atoms with Gasteiger partial charge in [-0.05, 0) is 42.8 Å². The molecule has 0 bridgehead atoms. The Bertz CT molecular complexity index is 1240. The van der Waals surface area contributed by atoms with Crippen molar-refractivity contribution in [2.45, 2.75) is 6.92 Å². The van der Waals surface area contributed by atoms with Crippen molar-refractivity contribution in [2.24, 2.45) is 0 Å². The Balaban J connectivity index is 1.66. The number of carbonyl (C=O) groups is 1. The number of benzene rings is 2. The quantitative estimate of drug-likeness (QED) is 0.201. The first-order valence-electron chi connectivity index (χ1n) is 8.73. The zero-order valence-corrected chi connectivity index (χ0v) is 17.9. The monoisotopic (exact) mass is 456 g/mol. The predicted octanol–water partition coefficient (Wildman–Crippen LogP) is 6.22. The lowest BCUT2D eigenvalue weighted by atomic mass is 10.1. The lowest BCUT2D eigenvalue weighted by molar-refractivity contribution is -0.384. The van der Waals surface area contributed by atoms with E-state index in [1.165, 1.54) is 28.8 Å². The molecule has 6 nitrogen and oxygen atoms in total. The molecule has 1 aromatic heterocycles. The van der Waals surface area contributed by atoms with E-state index in [4.69, 9.17) is 28.2 Å². The maximum atomic E-state index is 12.9. The first-order chi connectivity index (χ1) is 14.3. The fourth-order valence-corrected chi connectivity index (χ4v) is 4.49. The summed E-state index contributed by atoms with van der Waals surface area (Å²) < 4.78 is 6.19. The zero-order chi connectivity index (χ0) is 21.4. The highest BCUT2D eigenvalue weighted by Crippen LogP contribution is 2.38. The lowest BCUT2D eigenvalue weighted by Gasteiger charge is -2.16. The summed E-state index contributed by atoms with van der Waals surface area (Å²) in [5.41, 5.74) is 1.82. The molecule has 1 saturated heterocycles. The van der Waals surface area contributed by atoms with Crippen LogP contribution in [0, 0.1) is 17.0 Å². The number of thioether (sulfide) groups is 1. The van der Waals surface area contributed by atoms with Crippen molar-refractivity contribution in [3.63, 3.8) is 0 Å². The van der Waals surface area contributed by atoms with Gasteiger partial charge in [0.15, 0.2) is 4.32 Å². The minimum atomic E-state index is -0.517. The van der Waals surface area contributed by atoms with Gasteiger partial charge in [0.2, 0.25) is 0 Å². The normalized spacial score (nSPS) is 15.3. The van der Waals surface area contributed by atoms with Crippen LogP contribution in [0.4, 0.5) is 11.4 Å². The predicted molar refractivity (Wildman–Crippen MR) is 123 cm³/mol. The number of hydrogen-bond donors (Lipinski definition) is 0. The summed E-state index contributed by atoms with van der Waals surface area (Å²) in [6.07, 6.45) is 1.59. The Morgan fingerprint density at radius 2 is 1.97 bits per heavy atom. The number of halogens is 1. The van der Waals surface area contributed by atoms with Crippen LogP contribution in [0.3, 0.4) is 0 Å². The Kier molecular flexibility index (Phi) is 5.46. The second kappa shape index (κ2) is 8.06. The third kappa shape index (κ3) is 3.77. The van der Waals surface area contributed by atoms with Crippen LogP contribution in [0.15, 0.2) is 63.9 Å². The fraction of sp³-hybridized carbons (Fsp3) is 0.0476. The summed E-state index contributed by atoms with van der Waals surface area (Å²) in [5, 5.41) is 11.6. The van der Waals surface area contributed by atoms with Crippen molar-refractivity contribution in [1.82, 2.24) is 0 Å². The van der Waals surface area contributed by atoms with Gasteiger partial charge in [-0.2, -0.15) is 0 Å². The van der Waals surface area contributed by atoms with E-state index in [1.54, 1.807) is 24.3 Å². The average molecular weight is 457 g/mol. The van der Waals surface area contributed by atoms with Crippen LogP contribution in [0.5, 0.6) is 0 Å². The molecule has 9 heteroatoms. The molecule has 30 heavy (non-hydrogen) atoms. The molecule has 4 rings (SSSR count). The third-order valence-electron chi connectivity index (χ3n) is 4.47. The molecule has 150 valence electrons. The number of thiocarbonyl (C=S) groups is 1. The van der Waals surface area contributed by atoms with Crippen molar-refractivity contribution in [3.8, 4) is 11.3 Å². The number of carbonyl (C=O) groups excluding carboxylic acids is 1. The van der Waals surface area contributed by atoms with Crippen LogP contribution >= 0.6 is 35.6 Å². The number of furan rings is 1. The van der Waals surface area contributed by atoms with Crippen LogP contribution in [-0.4, -0.2) is 15.2 Å². The van der Waals surface area contributed by atoms with Gasteiger partial charge in [0, 0.05) is 17.2 Å². The Morgan fingerprint density at radius 3 is 2.70 bits per heavy atom. The van der Waals surface area contributed by atoms with E-state index < -0.39 is 4.92 Å². The average Bonchev–Trinajstić information content (AvgIpc) is 3.27. The van der Waals surface area contributed by atoms with Crippen LogP contribution < -0.4 is 4.90 Å². The van der Waals surface area contributed by atoms with Crippen LogP contribution in [0.2, 0.25) is 5.02 Å². The van der Waals surface area contributed by atoms with Gasteiger partial charge in [-0.15, -0.1) is 0 Å². The Morgan fingerprint density at radius 1 is 1.20 bits per heavy atom. The number of hydrogen-bond acceptors (Lipinski definition) is 6. The third-order valence-corrected chi connectivity index (χ3v) is 6.01. The topological polar surface area (TPSA) is 76.6 Å². The maximum absolute atomic E-state index is 12.9. The highest BCUT2D eigenvalue weighted by molar-refractivity contribution is 8.27. The molecule has 1 fully saturated rings. The lowest BCUT2D eigenvalue weighted by Crippen LogP contribution is -2.28. The summed E-state index contributed by atoms with van der Waals surface area (Å²) in [5.74, 6) is 0.452. The molecule has 3 aromatic rings. The Labute approximate surface area is 186 Å². The minimum absolute atomic E-state index is 0.158. The van der Waals surface area contributed by atoms with Gasteiger partial charge in [0.1, 0.15) is 11.5 Å². The van der Waals surface area contributed by atoms with Crippen LogP contribution in [-0.2, 0) is 4.79 Å². The summed E-state index contributed by atoms with van der Waals surface area (Å²) in [7, 11) is 0. The van der Waals surface area contributed by atoms with Gasteiger partial charge >= 0.3 is 0 Å². The molecule has 1 aliphatic heterocycles. The van der Waals surface area contributed by atoms with E-state index >= 15 is 0 Å². The SMILES string of the molecule is Cc1ccccc1N1C(=O)/C(=C\c2ccc(-c3ccc(Cl)cc3[N+](=O)[O-])o2)SC1=S. The van der Waals surface area contributed by atoms with Gasteiger partial charge in [-0.3, -0.25) is 19.8 Å². The van der Waals surface area contributed by atoms with Gasteiger partial charge in [0.05, 0.1) is 21.1 Å². The highest BCUT2D eigenvalue weighted by Gasteiger charge is 2.34. The van der Waals surface area contributed by atoms with E-state index in [-0.39, 0.29) is 16.6 Å². The zero-order valence-electron chi connectivity index (χ0n) is 15.5. The number of nitro benzene ring substituents is 1. The van der Waals surface area contributed by atoms with Crippen molar-refractivity contribution in [1.29, 1.82) is 0 Å². The molecule has 0 spiro atoms. The summed E-state index contributed by atoms with van der Waals surface area (Å²) in [4.78, 5) is 25.7. The molecule has 2 heterocycles. The number of para-hydroxylation sites is 1. The van der Waals surface area contributed by atoms with Gasteiger partial charge in [-0.25, -0.2) is 0 Å². The Hall–Kier alpha value is -2.94. The first-order valence-corrected chi connectivity index (χ1v) is 10.3. The maximum Gasteiger partial charge on any atom is 0.281 e. The molecule has 0 atom stereocenters. The molecule has 0 N–H and O–H groups in total. The number of amides is 1. The number of anilines is 1. The summed E-state index contributed by atoms with van der Waals surface area (Å²) in [6.45, 7) is 1.91. The van der Waals surface area contributed by atoms with Crippen molar-refractivity contribution >= 4 is 63.3 Å². The number of nitrogens with zero attached hydrogens (tertiary/aromatic N) is 2. The standard InChI is InChI=1S/C21H13ClN2O4S2/c1-12-4-2-3-5-16(12)23-20(25)19(30-21(23)29)11-14-7-9-18(28-14)15-8-6-13(22)10-17(15)24(26)27/h2-11H,1H3/b19-11+. The number of aryl methyl sites for hydroxylation is 1. The minimum Gasteiger partial charge on any atom is -0.456 e. The smallest absolute Gasteiger partial charge is 0.281 e. The molecule has 1 aliphatic rings. The number of rotatable bonds is 4. The van der Waals surface area contributed by atoms with E-state index in [2.05, 4.69) is 0 Å². The molecule has 0 aliphatic carbocycles. The molecule has 0 unspecified atom stereocenters. The van der Waals surface area contributed by atoms with Crippen molar-refractivity contribution < 1.29 is 14.1 Å². The molecule has 0 radical (unpaired) electrons. The highest BCUT2D eigenvalue weighted by atomic mass is 35.5. The molecular formula is C21H13ClN2O4S2. The summed E-state index contributed by atoms with van der Waals surface area (Å²) >= 11 is 12.5. The molecule has 1 amide bonds. The van der Waals surface area contributed by atoms with Crippen LogP contribution in [0.25, 0.3) is 17.4 Å². The van der Waals surface area contributed by atoms with E-state index in [9.17, 15) is 14.9 Å². The second-order valence-corrected chi connectivity index (χ2v) is 8.54. The summed E-state index contributed by atoms with van der Waals surface area (Å²) in [6, 6.07) is 15.1. The molecule has 2 aromatic carbocycles. The van der Waals surface area contributed by atoms with Gasteiger partial charge < -0.3 is 4.42 Å². The van der Waals surface area contributed by atoms with E-state index in [0.717, 1.165) is 11.3 Å². The van der Waals surface area contributed by atoms with Crippen molar-refractivity contribution in [2.75, 3.05) is 4.90 Å². The molecule has 0 saturated carbocycles. The van der Waals surface area contributed by atoms with Crippen molar-refractivity contribution in [3.05, 3.63) is 86.0 Å². The van der Waals surface area contributed by atoms with Crippen LogP contribution in [0.1, 0.15) is 11.3 Å².